The van der Waals surface area contributed by atoms with Crippen molar-refractivity contribution in [2.75, 3.05) is 23.8 Å². The highest BCUT2D eigenvalue weighted by molar-refractivity contribution is 5.96. The van der Waals surface area contributed by atoms with Gasteiger partial charge in [0.05, 0.1) is 6.04 Å². The summed E-state index contributed by atoms with van der Waals surface area (Å²) < 4.78 is 0. The molecule has 0 radical (unpaired) electrons. The number of carbonyl (C=O) groups is 2. The monoisotopic (exact) mass is 423 g/mol. The molecule has 0 saturated carbocycles. The molecule has 2 amide bonds. The number of primary amides is 1. The van der Waals surface area contributed by atoms with E-state index in [0.717, 1.165) is 29.7 Å². The molecule has 0 unspecified atom stereocenters. The second-order valence-electron chi connectivity index (χ2n) is 7.89. The Labute approximate surface area is 182 Å². The summed E-state index contributed by atoms with van der Waals surface area (Å²) in [5.74, 6) is -0.212. The number of benzene rings is 1. The molecule has 9 nitrogen and oxygen atoms in total. The number of hydrogen-bond acceptors (Lipinski definition) is 7. The molecule has 31 heavy (non-hydrogen) atoms. The zero-order valence-corrected chi connectivity index (χ0v) is 18.4. The average Bonchev–Trinajstić information content (AvgIpc) is 2.75. The molecular formula is C22H29N7O2. The van der Waals surface area contributed by atoms with E-state index >= 15 is 0 Å². The van der Waals surface area contributed by atoms with Crippen molar-refractivity contribution >= 4 is 29.3 Å². The number of nitrogens with two attached hydrogens (primary N) is 1. The largest absolute Gasteiger partial charge is 0.364 e. The maximum Gasteiger partial charge on any atom is 0.273 e. The van der Waals surface area contributed by atoms with Gasteiger partial charge in [0.15, 0.2) is 11.5 Å². The van der Waals surface area contributed by atoms with Crippen LogP contribution in [0.3, 0.4) is 0 Å². The van der Waals surface area contributed by atoms with Crippen molar-refractivity contribution in [2.45, 2.75) is 45.7 Å². The zero-order chi connectivity index (χ0) is 22.7. The number of nitrogens with zero attached hydrogens (tertiary/aromatic N) is 5. The number of rotatable bonds is 6. The topological polar surface area (TPSA) is 117 Å². The maximum absolute atomic E-state index is 12.2. The SMILES string of the molecule is C=CC(=O)N1CCC[C@@H](N(C)c2nnc(C(N)=O)c(Nc3ccc(C)c(C)c3)n2)[C@H]1C. The summed E-state index contributed by atoms with van der Waals surface area (Å²) >= 11 is 0. The molecule has 0 spiro atoms. The Morgan fingerprint density at radius 1 is 1.29 bits per heavy atom. The minimum Gasteiger partial charge on any atom is -0.364 e. The van der Waals surface area contributed by atoms with Gasteiger partial charge in [-0.05, 0) is 62.9 Å². The molecular weight excluding hydrogens is 394 g/mol. The molecule has 3 rings (SSSR count). The fourth-order valence-electron chi connectivity index (χ4n) is 3.89. The van der Waals surface area contributed by atoms with Gasteiger partial charge in [-0.1, -0.05) is 12.6 Å². The van der Waals surface area contributed by atoms with Crippen molar-refractivity contribution in [3.63, 3.8) is 0 Å². The lowest BCUT2D eigenvalue weighted by Gasteiger charge is -2.42. The molecule has 1 fully saturated rings. The normalized spacial score (nSPS) is 18.4. The second kappa shape index (κ2) is 9.11. The van der Waals surface area contributed by atoms with Gasteiger partial charge in [0.2, 0.25) is 11.9 Å². The highest BCUT2D eigenvalue weighted by Crippen LogP contribution is 2.26. The molecule has 2 aromatic rings. The van der Waals surface area contributed by atoms with Crippen molar-refractivity contribution < 1.29 is 9.59 Å². The van der Waals surface area contributed by atoms with E-state index in [1.165, 1.54) is 6.08 Å². The van der Waals surface area contributed by atoms with Gasteiger partial charge in [0, 0.05) is 25.3 Å². The molecule has 9 heteroatoms. The van der Waals surface area contributed by atoms with Gasteiger partial charge in [0.25, 0.3) is 5.91 Å². The van der Waals surface area contributed by atoms with Gasteiger partial charge in [-0.3, -0.25) is 9.59 Å². The first kappa shape index (κ1) is 22.2. The Morgan fingerprint density at radius 2 is 2.03 bits per heavy atom. The van der Waals surface area contributed by atoms with Crippen LogP contribution in [-0.2, 0) is 4.79 Å². The highest BCUT2D eigenvalue weighted by Gasteiger charge is 2.34. The van der Waals surface area contributed by atoms with Crippen LogP contribution in [0, 0.1) is 13.8 Å². The fourth-order valence-corrected chi connectivity index (χ4v) is 3.89. The second-order valence-corrected chi connectivity index (χ2v) is 7.89. The maximum atomic E-state index is 12.2. The van der Waals surface area contributed by atoms with Crippen LogP contribution in [0.2, 0.25) is 0 Å². The quantitative estimate of drug-likeness (QED) is 0.685. The van der Waals surface area contributed by atoms with Crippen LogP contribution in [0.5, 0.6) is 0 Å². The van der Waals surface area contributed by atoms with Crippen LogP contribution in [0.15, 0.2) is 30.9 Å². The predicted octanol–water partition coefficient (Wildman–Crippen LogP) is 2.33. The Hall–Kier alpha value is -3.49. The average molecular weight is 424 g/mol. The number of aromatic nitrogens is 3. The van der Waals surface area contributed by atoms with Crippen molar-refractivity contribution in [1.82, 2.24) is 20.1 Å². The van der Waals surface area contributed by atoms with Gasteiger partial charge in [0.1, 0.15) is 0 Å². The fraction of sp³-hybridized carbons (Fsp3) is 0.409. The summed E-state index contributed by atoms with van der Waals surface area (Å²) in [6.45, 7) is 10.3. The van der Waals surface area contributed by atoms with Gasteiger partial charge >= 0.3 is 0 Å². The Bertz CT molecular complexity index is 1010. The number of nitrogens with one attached hydrogen (secondary N) is 1. The summed E-state index contributed by atoms with van der Waals surface area (Å²) in [5.41, 5.74) is 8.50. The van der Waals surface area contributed by atoms with E-state index in [1.807, 2.05) is 50.9 Å². The predicted molar refractivity (Wildman–Crippen MR) is 120 cm³/mol. The van der Waals surface area contributed by atoms with Crippen molar-refractivity contribution in [3.8, 4) is 0 Å². The van der Waals surface area contributed by atoms with Crippen molar-refractivity contribution in [1.29, 1.82) is 0 Å². The summed E-state index contributed by atoms with van der Waals surface area (Å²) in [6.07, 6.45) is 3.07. The molecule has 164 valence electrons. The zero-order valence-electron chi connectivity index (χ0n) is 18.4. The van der Waals surface area contributed by atoms with Gasteiger partial charge in [-0.2, -0.15) is 4.98 Å². The van der Waals surface area contributed by atoms with E-state index in [0.29, 0.717) is 12.5 Å². The number of carbonyl (C=O) groups excluding carboxylic acids is 2. The summed E-state index contributed by atoms with van der Waals surface area (Å²) in [4.78, 5) is 32.3. The number of anilines is 3. The smallest absolute Gasteiger partial charge is 0.273 e. The molecule has 3 N–H and O–H groups in total. The molecule has 0 bridgehead atoms. The number of hydrogen-bond donors (Lipinski definition) is 2. The van der Waals surface area contributed by atoms with E-state index < -0.39 is 5.91 Å². The van der Waals surface area contributed by atoms with E-state index in [4.69, 9.17) is 5.73 Å². The number of likely N-dealkylation sites (N-methyl/N-ethyl adjacent to an activating group) is 1. The van der Waals surface area contributed by atoms with Crippen LogP contribution in [0.25, 0.3) is 0 Å². The molecule has 1 saturated heterocycles. The first-order valence-corrected chi connectivity index (χ1v) is 10.3. The van der Waals surface area contributed by atoms with Crippen LogP contribution in [0.4, 0.5) is 17.5 Å². The van der Waals surface area contributed by atoms with Gasteiger partial charge in [-0.15, -0.1) is 10.2 Å². The van der Waals surface area contributed by atoms with E-state index in [2.05, 4.69) is 27.1 Å². The number of likely N-dealkylation sites (tertiary alicyclic amines) is 1. The molecule has 0 aliphatic carbocycles. The molecule has 2 atom stereocenters. The third-order valence-corrected chi connectivity index (χ3v) is 5.90. The van der Waals surface area contributed by atoms with Crippen LogP contribution >= 0.6 is 0 Å². The highest BCUT2D eigenvalue weighted by atomic mass is 16.2. The third-order valence-electron chi connectivity index (χ3n) is 5.90. The number of aryl methyl sites for hydroxylation is 2. The first-order valence-electron chi connectivity index (χ1n) is 10.3. The summed E-state index contributed by atoms with van der Waals surface area (Å²) in [7, 11) is 1.86. The minimum absolute atomic E-state index is 0.00616. The molecule has 1 aliphatic heterocycles. The van der Waals surface area contributed by atoms with Crippen LogP contribution < -0.4 is 16.0 Å². The lowest BCUT2D eigenvalue weighted by Crippen LogP contribution is -2.55. The summed E-state index contributed by atoms with van der Waals surface area (Å²) in [6, 6.07) is 5.79. The molecule has 1 aromatic heterocycles. The molecule has 1 aromatic carbocycles. The Balaban J connectivity index is 1.91. The Morgan fingerprint density at radius 3 is 2.68 bits per heavy atom. The van der Waals surface area contributed by atoms with Crippen LogP contribution in [-0.4, -0.2) is 57.6 Å². The molecule has 1 aliphatic rings. The first-order chi connectivity index (χ1) is 14.7. The van der Waals surface area contributed by atoms with Crippen LogP contribution in [0.1, 0.15) is 41.4 Å². The number of piperidine rings is 1. The van der Waals surface area contributed by atoms with Gasteiger partial charge in [-0.25, -0.2) is 0 Å². The Kier molecular flexibility index (Phi) is 6.53. The lowest BCUT2D eigenvalue weighted by molar-refractivity contribution is -0.129. The van der Waals surface area contributed by atoms with Crippen molar-refractivity contribution in [2.24, 2.45) is 5.73 Å². The minimum atomic E-state index is -0.714. The van der Waals surface area contributed by atoms with E-state index in [-0.39, 0.29) is 29.5 Å². The lowest BCUT2D eigenvalue weighted by atomic mass is 9.96. The van der Waals surface area contributed by atoms with E-state index in [1.54, 1.807) is 4.90 Å². The van der Waals surface area contributed by atoms with Gasteiger partial charge < -0.3 is 20.9 Å². The number of amides is 2. The third kappa shape index (κ3) is 4.65. The van der Waals surface area contributed by atoms with Crippen molar-refractivity contribution in [3.05, 3.63) is 47.7 Å². The standard InChI is InChI=1S/C22H29N7O2/c1-6-18(30)29-11-7-8-17(15(29)4)28(5)22-25-21(19(20(23)31)26-27-22)24-16-10-9-13(2)14(3)12-16/h6,9-10,12,15,17H,1,7-8,11H2,2-5H3,(H2,23,31)(H,24,25,27)/t15-,17-/m1/s1. The summed E-state index contributed by atoms with van der Waals surface area (Å²) in [5, 5.41) is 11.3. The van der Waals surface area contributed by atoms with E-state index in [9.17, 15) is 9.59 Å². The molecule has 2 heterocycles.